The van der Waals surface area contributed by atoms with Gasteiger partial charge in [0.2, 0.25) is 0 Å². The Balaban J connectivity index is 1.62. The number of carbonyl (C=O) groups is 2. The molecule has 38 heavy (non-hydrogen) atoms. The normalized spacial score (nSPS) is 17.9. The molecule has 3 aromatic carbocycles. The third kappa shape index (κ3) is 4.47. The highest BCUT2D eigenvalue weighted by atomic mass is 16.6. The number of aliphatic hydroxyl groups is 1. The van der Waals surface area contributed by atoms with Gasteiger partial charge in [0.1, 0.15) is 24.7 Å². The maximum atomic E-state index is 13.4. The maximum Gasteiger partial charge on any atom is 0.295 e. The number of hydrogen-bond donors (Lipinski definition) is 1. The molecular weight excluding hydrogens is 490 g/mol. The molecule has 1 atom stereocenters. The van der Waals surface area contributed by atoms with Crippen molar-refractivity contribution < 1.29 is 38.4 Å². The van der Waals surface area contributed by atoms with Crippen LogP contribution in [0.2, 0.25) is 0 Å². The number of nitrogens with zero attached hydrogens (tertiary/aromatic N) is 1. The van der Waals surface area contributed by atoms with Crippen LogP contribution in [-0.2, 0) is 16.1 Å². The highest BCUT2D eigenvalue weighted by Gasteiger charge is 2.46. The molecule has 1 unspecified atom stereocenters. The smallest absolute Gasteiger partial charge is 0.295 e. The largest absolute Gasteiger partial charge is 0.507 e. The lowest BCUT2D eigenvalue weighted by atomic mass is 9.94. The standard InChI is InChI=1S/C29H27NO8/c1-34-20-6-4-5-18(14-20)26-25(27(31)19-8-10-22-24(15-19)38-12-11-37-22)28(32)29(33)30(26)16-17-7-9-21(35-2)23(13-17)36-3/h4-10,13-15,26,31H,11-12,16H2,1-3H3/b27-25-. The number of rotatable bonds is 7. The van der Waals surface area contributed by atoms with Crippen LogP contribution in [0.5, 0.6) is 28.7 Å². The van der Waals surface area contributed by atoms with Gasteiger partial charge in [0.25, 0.3) is 11.7 Å². The van der Waals surface area contributed by atoms with Crippen LogP contribution < -0.4 is 23.7 Å². The lowest BCUT2D eigenvalue weighted by Crippen LogP contribution is -2.29. The van der Waals surface area contributed by atoms with Gasteiger partial charge >= 0.3 is 0 Å². The molecule has 0 bridgehead atoms. The molecule has 2 aliphatic heterocycles. The fourth-order valence-corrected chi connectivity index (χ4v) is 4.72. The van der Waals surface area contributed by atoms with Gasteiger partial charge in [0.05, 0.1) is 32.9 Å². The van der Waals surface area contributed by atoms with Crippen molar-refractivity contribution in [2.45, 2.75) is 12.6 Å². The van der Waals surface area contributed by atoms with Gasteiger partial charge < -0.3 is 33.7 Å². The molecule has 0 radical (unpaired) electrons. The van der Waals surface area contributed by atoms with E-state index >= 15 is 0 Å². The summed E-state index contributed by atoms with van der Waals surface area (Å²) in [5.41, 5.74) is 1.64. The summed E-state index contributed by atoms with van der Waals surface area (Å²) in [6.45, 7) is 0.886. The minimum absolute atomic E-state index is 0.0274. The number of Topliss-reactive ketones (excluding diaryl/α,β-unsaturated/α-hetero) is 1. The molecule has 3 aromatic rings. The summed E-state index contributed by atoms with van der Waals surface area (Å²) in [6, 6.07) is 16.4. The first-order valence-electron chi connectivity index (χ1n) is 12.0. The molecule has 2 aliphatic rings. The predicted molar refractivity (Wildman–Crippen MR) is 138 cm³/mol. The molecule has 1 amide bonds. The van der Waals surface area contributed by atoms with Crippen LogP contribution in [-0.4, -0.2) is 56.2 Å². The molecular formula is C29H27NO8. The van der Waals surface area contributed by atoms with E-state index in [1.54, 1.807) is 60.7 Å². The first kappa shape index (κ1) is 25.0. The maximum absolute atomic E-state index is 13.4. The molecule has 9 heteroatoms. The number of benzene rings is 3. The number of methoxy groups -OCH3 is 3. The fraction of sp³-hybridized carbons (Fsp3) is 0.241. The Hall–Kier alpha value is -4.66. The molecule has 1 saturated heterocycles. The van der Waals surface area contributed by atoms with Gasteiger partial charge in [-0.05, 0) is 53.6 Å². The third-order valence-electron chi connectivity index (χ3n) is 6.57. The van der Waals surface area contributed by atoms with Crippen molar-refractivity contribution in [3.63, 3.8) is 0 Å². The summed E-state index contributed by atoms with van der Waals surface area (Å²) >= 11 is 0. The van der Waals surface area contributed by atoms with E-state index in [9.17, 15) is 14.7 Å². The second-order valence-electron chi connectivity index (χ2n) is 8.75. The van der Waals surface area contributed by atoms with Crippen LogP contribution in [0.25, 0.3) is 5.76 Å². The Kier molecular flexibility index (Phi) is 6.83. The quantitative estimate of drug-likeness (QED) is 0.284. The average molecular weight is 518 g/mol. The lowest BCUT2D eigenvalue weighted by molar-refractivity contribution is -0.140. The van der Waals surface area contributed by atoms with Gasteiger partial charge in [-0.2, -0.15) is 0 Å². The Morgan fingerprint density at radius 1 is 0.895 bits per heavy atom. The number of ketones is 1. The van der Waals surface area contributed by atoms with Crippen LogP contribution in [0.15, 0.2) is 66.2 Å². The van der Waals surface area contributed by atoms with Crippen LogP contribution in [0.1, 0.15) is 22.7 Å². The van der Waals surface area contributed by atoms with Crippen LogP contribution in [0.3, 0.4) is 0 Å². The monoisotopic (exact) mass is 517 g/mol. The molecule has 5 rings (SSSR count). The van der Waals surface area contributed by atoms with Crippen molar-refractivity contribution in [3.8, 4) is 28.7 Å². The topological polar surface area (TPSA) is 104 Å². The molecule has 0 aliphatic carbocycles. The first-order valence-corrected chi connectivity index (χ1v) is 12.0. The van der Waals surface area contributed by atoms with Gasteiger partial charge in [-0.1, -0.05) is 18.2 Å². The highest BCUT2D eigenvalue weighted by molar-refractivity contribution is 6.46. The summed E-state index contributed by atoms with van der Waals surface area (Å²) in [5, 5.41) is 11.4. The van der Waals surface area contributed by atoms with Crippen molar-refractivity contribution >= 4 is 17.4 Å². The summed E-state index contributed by atoms with van der Waals surface area (Å²) in [4.78, 5) is 28.3. The van der Waals surface area contributed by atoms with E-state index in [0.29, 0.717) is 53.1 Å². The van der Waals surface area contributed by atoms with Crippen LogP contribution in [0.4, 0.5) is 0 Å². The predicted octanol–water partition coefficient (Wildman–Crippen LogP) is 4.11. The van der Waals surface area contributed by atoms with Gasteiger partial charge in [-0.25, -0.2) is 0 Å². The van der Waals surface area contributed by atoms with Crippen molar-refractivity contribution in [1.82, 2.24) is 4.90 Å². The van der Waals surface area contributed by atoms with E-state index in [4.69, 9.17) is 23.7 Å². The molecule has 0 spiro atoms. The number of likely N-dealkylation sites (tertiary alicyclic amines) is 1. The molecule has 1 fully saturated rings. The van der Waals surface area contributed by atoms with Gasteiger partial charge in [0.15, 0.2) is 23.0 Å². The highest BCUT2D eigenvalue weighted by Crippen LogP contribution is 2.43. The van der Waals surface area contributed by atoms with Gasteiger partial charge in [-0.3, -0.25) is 9.59 Å². The van der Waals surface area contributed by atoms with E-state index in [0.717, 1.165) is 5.56 Å². The zero-order valence-corrected chi connectivity index (χ0v) is 21.2. The van der Waals surface area contributed by atoms with Crippen molar-refractivity contribution in [3.05, 3.63) is 82.9 Å². The molecule has 9 nitrogen and oxygen atoms in total. The molecule has 0 saturated carbocycles. The van der Waals surface area contributed by atoms with Crippen molar-refractivity contribution in [1.29, 1.82) is 0 Å². The van der Waals surface area contributed by atoms with E-state index in [-0.39, 0.29) is 17.9 Å². The minimum atomic E-state index is -0.869. The Morgan fingerprint density at radius 3 is 2.39 bits per heavy atom. The van der Waals surface area contributed by atoms with Crippen LogP contribution in [0, 0.1) is 0 Å². The minimum Gasteiger partial charge on any atom is -0.507 e. The Bertz CT molecular complexity index is 1430. The lowest BCUT2D eigenvalue weighted by Gasteiger charge is -2.26. The molecule has 0 aromatic heterocycles. The van der Waals surface area contributed by atoms with Crippen molar-refractivity contribution in [2.24, 2.45) is 0 Å². The zero-order chi connectivity index (χ0) is 26.8. The zero-order valence-electron chi connectivity index (χ0n) is 21.2. The molecule has 1 N–H and O–H groups in total. The fourth-order valence-electron chi connectivity index (χ4n) is 4.72. The summed E-state index contributed by atoms with van der Waals surface area (Å²) in [7, 11) is 4.60. The SMILES string of the molecule is COc1cccc(C2/C(=C(/O)c3ccc4c(c3)OCCO4)C(=O)C(=O)N2Cc2ccc(OC)c(OC)c2)c1. The van der Waals surface area contributed by atoms with Crippen LogP contribution >= 0.6 is 0 Å². The van der Waals surface area contributed by atoms with E-state index in [1.165, 1.54) is 26.2 Å². The summed E-state index contributed by atoms with van der Waals surface area (Å²) in [6.07, 6.45) is 0. The number of hydrogen-bond acceptors (Lipinski definition) is 8. The first-order chi connectivity index (χ1) is 18.4. The summed E-state index contributed by atoms with van der Waals surface area (Å²) in [5.74, 6) is 0.778. The number of amides is 1. The van der Waals surface area contributed by atoms with Crippen molar-refractivity contribution in [2.75, 3.05) is 34.5 Å². The molecule has 196 valence electrons. The van der Waals surface area contributed by atoms with Gasteiger partial charge in [0, 0.05) is 12.1 Å². The number of carbonyl (C=O) groups excluding carboxylic acids is 2. The second-order valence-corrected chi connectivity index (χ2v) is 8.75. The number of ether oxygens (including phenoxy) is 5. The second kappa shape index (κ2) is 10.4. The number of aliphatic hydroxyl groups excluding tert-OH is 1. The van der Waals surface area contributed by atoms with E-state index < -0.39 is 17.7 Å². The van der Waals surface area contributed by atoms with E-state index in [2.05, 4.69) is 0 Å². The van der Waals surface area contributed by atoms with Gasteiger partial charge in [-0.15, -0.1) is 0 Å². The van der Waals surface area contributed by atoms with E-state index in [1.807, 2.05) is 0 Å². The molecule has 2 heterocycles. The number of fused-ring (bicyclic) bond motifs is 1. The summed E-state index contributed by atoms with van der Waals surface area (Å²) < 4.78 is 27.3. The average Bonchev–Trinajstić information content (AvgIpc) is 3.21. The Labute approximate surface area is 219 Å². The third-order valence-corrected chi connectivity index (χ3v) is 6.57. The Morgan fingerprint density at radius 2 is 1.66 bits per heavy atom.